The highest BCUT2D eigenvalue weighted by molar-refractivity contribution is 5.86. The zero-order valence-corrected chi connectivity index (χ0v) is 17.1. The number of guanidine groups is 1. The molecule has 0 fully saturated rings. The lowest BCUT2D eigenvalue weighted by atomic mass is 9.88. The van der Waals surface area contributed by atoms with Crippen LogP contribution < -0.4 is 0 Å². The fourth-order valence-corrected chi connectivity index (χ4v) is 3.99. The maximum atomic E-state index is 5.00. The Balaban J connectivity index is 2.05. The van der Waals surface area contributed by atoms with Gasteiger partial charge in [-0.3, -0.25) is 0 Å². The van der Waals surface area contributed by atoms with Crippen LogP contribution in [0.2, 0.25) is 0 Å². The average molecular weight is 362 g/mol. The van der Waals surface area contributed by atoms with Crippen LogP contribution >= 0.6 is 0 Å². The number of rotatable bonds is 4. The van der Waals surface area contributed by atoms with Crippen LogP contribution in [0, 0.1) is 0 Å². The summed E-state index contributed by atoms with van der Waals surface area (Å²) in [5, 5.41) is 0. The highest BCUT2D eigenvalue weighted by Crippen LogP contribution is 2.32. The second kappa shape index (κ2) is 7.99. The molecule has 0 radical (unpaired) electrons. The summed E-state index contributed by atoms with van der Waals surface area (Å²) in [4.78, 5) is 9.39. The zero-order chi connectivity index (χ0) is 19.6. The van der Waals surface area contributed by atoms with E-state index in [1.807, 2.05) is 14.0 Å². The molecule has 2 aliphatic carbocycles. The van der Waals surface area contributed by atoms with E-state index in [1.54, 1.807) is 0 Å². The fraction of sp³-hybridized carbons (Fsp3) is 0.375. The fourth-order valence-electron chi connectivity index (χ4n) is 3.99. The van der Waals surface area contributed by atoms with Gasteiger partial charge in [0.25, 0.3) is 0 Å². The Morgan fingerprint density at radius 2 is 2.04 bits per heavy atom. The van der Waals surface area contributed by atoms with Gasteiger partial charge in [0.1, 0.15) is 0 Å². The van der Waals surface area contributed by atoms with Gasteiger partial charge in [-0.15, -0.1) is 0 Å². The summed E-state index contributed by atoms with van der Waals surface area (Å²) in [7, 11) is 4.19. The molecule has 1 heterocycles. The molecule has 0 saturated heterocycles. The third-order valence-electron chi connectivity index (χ3n) is 5.55. The van der Waals surface area contributed by atoms with Gasteiger partial charge in [-0.2, -0.15) is 0 Å². The molecular weight excluding hydrogens is 330 g/mol. The second-order valence-corrected chi connectivity index (χ2v) is 7.58. The SMILES string of the molecule is C=C(C)C1=C(C)C(=C)N(C)C(N(C)C(C2=CCCC=C2)C2=CC=CCC2)=N1. The summed E-state index contributed by atoms with van der Waals surface area (Å²) < 4.78 is 0. The van der Waals surface area contributed by atoms with Gasteiger partial charge in [-0.25, -0.2) is 4.99 Å². The van der Waals surface area contributed by atoms with E-state index in [0.717, 1.165) is 54.2 Å². The lowest BCUT2D eigenvalue weighted by Gasteiger charge is -2.40. The number of likely N-dealkylation sites (N-methyl/N-ethyl adjacent to an activating group) is 2. The molecule has 3 heteroatoms. The molecule has 0 N–H and O–H groups in total. The lowest BCUT2D eigenvalue weighted by molar-refractivity contribution is 0.388. The quantitative estimate of drug-likeness (QED) is 0.658. The molecular formula is C24H31N3. The molecule has 3 rings (SSSR count). The normalized spacial score (nSPS) is 21.0. The van der Waals surface area contributed by atoms with E-state index in [0.29, 0.717) is 0 Å². The van der Waals surface area contributed by atoms with Crippen LogP contribution in [-0.2, 0) is 0 Å². The van der Waals surface area contributed by atoms with Crippen molar-refractivity contribution in [2.24, 2.45) is 4.99 Å². The van der Waals surface area contributed by atoms with Crippen molar-refractivity contribution >= 4 is 5.96 Å². The van der Waals surface area contributed by atoms with Crippen molar-refractivity contribution in [2.75, 3.05) is 14.1 Å². The highest BCUT2D eigenvalue weighted by atomic mass is 15.4. The van der Waals surface area contributed by atoms with E-state index in [4.69, 9.17) is 4.99 Å². The molecule has 1 atom stereocenters. The molecule has 0 aromatic carbocycles. The Bertz CT molecular complexity index is 830. The van der Waals surface area contributed by atoms with Crippen molar-refractivity contribution in [1.29, 1.82) is 0 Å². The number of aliphatic imine (C=N–C) groups is 1. The first-order valence-electron chi connectivity index (χ1n) is 9.75. The number of hydrogen-bond acceptors (Lipinski definition) is 3. The Labute approximate surface area is 164 Å². The minimum absolute atomic E-state index is 0.185. The molecule has 142 valence electrons. The largest absolute Gasteiger partial charge is 0.334 e. The van der Waals surface area contributed by atoms with Crippen LogP contribution in [0.25, 0.3) is 0 Å². The summed E-state index contributed by atoms with van der Waals surface area (Å²) in [6.07, 6.45) is 18.0. The van der Waals surface area contributed by atoms with Gasteiger partial charge in [0.15, 0.2) is 0 Å². The third kappa shape index (κ3) is 3.78. The molecule has 0 bridgehead atoms. The predicted octanol–water partition coefficient (Wildman–Crippen LogP) is 5.50. The lowest BCUT2D eigenvalue weighted by Crippen LogP contribution is -2.48. The standard InChI is InChI=1S/C24H31N3/c1-17(2)22-18(3)19(4)26(5)24(25-22)27(6)23(20-13-9-7-10-14-20)21-15-11-8-12-16-21/h7,9,11,13,15-16,23H,1,4,8,10,12,14H2,2-3,5-6H3. The molecule has 3 aliphatic rings. The van der Waals surface area contributed by atoms with Crippen molar-refractivity contribution in [3.8, 4) is 0 Å². The maximum absolute atomic E-state index is 5.00. The van der Waals surface area contributed by atoms with Crippen LogP contribution in [0.4, 0.5) is 0 Å². The Hall–Kier alpha value is -2.55. The first-order valence-corrected chi connectivity index (χ1v) is 9.75. The van der Waals surface area contributed by atoms with Crippen LogP contribution in [0.15, 0.2) is 88.3 Å². The first kappa shape index (κ1) is 19.2. The van der Waals surface area contributed by atoms with Crippen LogP contribution in [0.5, 0.6) is 0 Å². The summed E-state index contributed by atoms with van der Waals surface area (Å²) in [6.45, 7) is 12.5. The molecule has 27 heavy (non-hydrogen) atoms. The molecule has 3 nitrogen and oxygen atoms in total. The summed E-state index contributed by atoms with van der Waals surface area (Å²) >= 11 is 0. The minimum atomic E-state index is 0.185. The molecule has 0 amide bonds. The number of hydrogen-bond donors (Lipinski definition) is 0. The van der Waals surface area contributed by atoms with Crippen molar-refractivity contribution in [3.05, 3.63) is 83.3 Å². The van der Waals surface area contributed by atoms with Crippen molar-refractivity contribution < 1.29 is 0 Å². The summed E-state index contributed by atoms with van der Waals surface area (Å²) in [5.74, 6) is 0.920. The molecule has 0 aromatic heterocycles. The van der Waals surface area contributed by atoms with Gasteiger partial charge in [0, 0.05) is 19.8 Å². The van der Waals surface area contributed by atoms with E-state index < -0.39 is 0 Å². The van der Waals surface area contributed by atoms with Crippen molar-refractivity contribution in [1.82, 2.24) is 9.80 Å². The topological polar surface area (TPSA) is 18.8 Å². The van der Waals surface area contributed by atoms with Gasteiger partial charge in [0.05, 0.1) is 11.7 Å². The van der Waals surface area contributed by atoms with Gasteiger partial charge in [-0.1, -0.05) is 49.6 Å². The Morgan fingerprint density at radius 1 is 1.26 bits per heavy atom. The van der Waals surface area contributed by atoms with E-state index in [1.165, 1.54) is 11.1 Å². The predicted molar refractivity (Wildman–Crippen MR) is 116 cm³/mol. The number of nitrogens with zero attached hydrogens (tertiary/aromatic N) is 3. The molecule has 1 aliphatic heterocycles. The smallest absolute Gasteiger partial charge is 0.206 e. The monoisotopic (exact) mass is 361 g/mol. The van der Waals surface area contributed by atoms with Gasteiger partial charge < -0.3 is 9.80 Å². The van der Waals surface area contributed by atoms with E-state index in [9.17, 15) is 0 Å². The van der Waals surface area contributed by atoms with Crippen LogP contribution in [0.3, 0.4) is 0 Å². The zero-order valence-electron chi connectivity index (χ0n) is 17.1. The Kier molecular flexibility index (Phi) is 5.69. The second-order valence-electron chi connectivity index (χ2n) is 7.58. The highest BCUT2D eigenvalue weighted by Gasteiger charge is 2.30. The summed E-state index contributed by atoms with van der Waals surface area (Å²) in [6, 6.07) is 0.185. The van der Waals surface area contributed by atoms with Crippen LogP contribution in [-0.4, -0.2) is 35.9 Å². The van der Waals surface area contributed by atoms with Crippen molar-refractivity contribution in [3.63, 3.8) is 0 Å². The molecule has 0 aromatic rings. The van der Waals surface area contributed by atoms with Gasteiger partial charge >= 0.3 is 0 Å². The van der Waals surface area contributed by atoms with Crippen LogP contribution in [0.1, 0.15) is 39.5 Å². The number of allylic oxidation sites excluding steroid dienone is 7. The van der Waals surface area contributed by atoms with E-state index in [-0.39, 0.29) is 6.04 Å². The van der Waals surface area contributed by atoms with E-state index >= 15 is 0 Å². The summed E-state index contributed by atoms with van der Waals surface area (Å²) in [5.41, 5.74) is 6.78. The Morgan fingerprint density at radius 3 is 2.63 bits per heavy atom. The van der Waals surface area contributed by atoms with Gasteiger partial charge in [-0.05, 0) is 61.8 Å². The average Bonchev–Trinajstić information content (AvgIpc) is 2.68. The molecule has 0 saturated carbocycles. The van der Waals surface area contributed by atoms with E-state index in [2.05, 4.69) is 73.4 Å². The molecule has 1 unspecified atom stereocenters. The van der Waals surface area contributed by atoms with Gasteiger partial charge in [0.2, 0.25) is 5.96 Å². The maximum Gasteiger partial charge on any atom is 0.206 e. The minimum Gasteiger partial charge on any atom is -0.334 e. The third-order valence-corrected chi connectivity index (χ3v) is 5.55. The first-order chi connectivity index (χ1) is 12.9. The van der Waals surface area contributed by atoms with Crippen molar-refractivity contribution in [2.45, 2.75) is 45.6 Å². The molecule has 0 spiro atoms.